The normalized spacial score (nSPS) is 11.0. The molecule has 0 aliphatic heterocycles. The van der Waals surface area contributed by atoms with Crippen LogP contribution in [0.4, 0.5) is 5.69 Å². The Morgan fingerprint density at radius 3 is 2.62 bits per heavy atom. The topological polar surface area (TPSA) is 121 Å². The van der Waals surface area contributed by atoms with Gasteiger partial charge < -0.3 is 9.47 Å². The van der Waals surface area contributed by atoms with Gasteiger partial charge in [0.2, 0.25) is 0 Å². The summed E-state index contributed by atoms with van der Waals surface area (Å²) in [6.07, 6.45) is 1.48. The first-order chi connectivity index (χ1) is 16.2. The van der Waals surface area contributed by atoms with Gasteiger partial charge in [0.25, 0.3) is 5.91 Å². The van der Waals surface area contributed by atoms with Crippen LogP contribution in [0, 0.1) is 30.9 Å². The van der Waals surface area contributed by atoms with Crippen LogP contribution in [0.3, 0.4) is 0 Å². The molecule has 0 fully saturated rings. The van der Waals surface area contributed by atoms with Crippen LogP contribution in [0.1, 0.15) is 28.1 Å². The summed E-state index contributed by atoms with van der Waals surface area (Å²) in [7, 11) is 1.54. The van der Waals surface area contributed by atoms with Gasteiger partial charge in [0, 0.05) is 10.6 Å². The summed E-state index contributed by atoms with van der Waals surface area (Å²) in [6, 6.07) is 10.5. The van der Waals surface area contributed by atoms with Crippen molar-refractivity contribution < 1.29 is 19.2 Å². The second-order valence-electron chi connectivity index (χ2n) is 7.50. The Balaban J connectivity index is 1.66. The fourth-order valence-electron chi connectivity index (χ4n) is 3.40. The van der Waals surface area contributed by atoms with Gasteiger partial charge in [-0.2, -0.15) is 10.2 Å². The van der Waals surface area contributed by atoms with Crippen molar-refractivity contribution in [1.29, 1.82) is 0 Å². The van der Waals surface area contributed by atoms with Crippen molar-refractivity contribution in [3.05, 3.63) is 79.6 Å². The first-order valence-corrected chi connectivity index (χ1v) is 10.6. The van der Waals surface area contributed by atoms with Gasteiger partial charge >= 0.3 is 5.69 Å². The molecule has 1 N–H and O–H groups in total. The van der Waals surface area contributed by atoms with Crippen LogP contribution in [0.15, 0.2) is 41.5 Å². The van der Waals surface area contributed by atoms with Crippen LogP contribution in [0.25, 0.3) is 0 Å². The van der Waals surface area contributed by atoms with E-state index in [1.54, 1.807) is 56.0 Å². The number of nitrogens with one attached hydrogen (secondary N) is 1. The molecule has 0 spiro atoms. The highest BCUT2D eigenvalue weighted by Crippen LogP contribution is 2.26. The zero-order valence-corrected chi connectivity index (χ0v) is 19.9. The number of carbonyl (C=O) groups is 1. The molecule has 0 aliphatic rings. The molecule has 178 valence electrons. The second kappa shape index (κ2) is 10.8. The van der Waals surface area contributed by atoms with E-state index in [1.807, 2.05) is 13.0 Å². The molecule has 0 unspecified atom stereocenters. The van der Waals surface area contributed by atoms with E-state index in [9.17, 15) is 14.9 Å². The predicted molar refractivity (Wildman–Crippen MR) is 128 cm³/mol. The molecule has 0 radical (unpaired) electrons. The molecule has 3 aromatic rings. The van der Waals surface area contributed by atoms with E-state index in [-0.39, 0.29) is 18.8 Å². The van der Waals surface area contributed by atoms with Gasteiger partial charge in [-0.15, -0.1) is 0 Å². The Labute approximate surface area is 201 Å². The number of hydrogen-bond donors (Lipinski definition) is 1. The number of hydrogen-bond acceptors (Lipinski definition) is 7. The molecule has 0 atom stereocenters. The number of halogens is 1. The lowest BCUT2D eigenvalue weighted by atomic mass is 10.1. The van der Waals surface area contributed by atoms with Gasteiger partial charge in [0.1, 0.15) is 22.9 Å². The predicted octanol–water partition coefficient (Wildman–Crippen LogP) is 3.96. The van der Waals surface area contributed by atoms with Crippen LogP contribution >= 0.6 is 11.6 Å². The molecule has 10 nitrogen and oxygen atoms in total. The third kappa shape index (κ3) is 5.90. The first kappa shape index (κ1) is 24.7. The van der Waals surface area contributed by atoms with Crippen LogP contribution in [-0.4, -0.2) is 40.5 Å². The van der Waals surface area contributed by atoms with Crippen molar-refractivity contribution in [1.82, 2.24) is 15.2 Å². The molecular formula is C23H24ClN5O5. The van der Waals surface area contributed by atoms with Crippen LogP contribution in [-0.2, 0) is 11.3 Å². The van der Waals surface area contributed by atoms with E-state index in [2.05, 4.69) is 15.6 Å². The Kier molecular flexibility index (Phi) is 7.85. The molecule has 2 aromatic carbocycles. The van der Waals surface area contributed by atoms with E-state index in [4.69, 9.17) is 21.1 Å². The van der Waals surface area contributed by atoms with Crippen LogP contribution in [0.5, 0.6) is 11.5 Å². The van der Waals surface area contributed by atoms with Gasteiger partial charge in [-0.25, -0.2) is 5.43 Å². The molecule has 0 aliphatic carbocycles. The molecule has 0 bridgehead atoms. The number of nitrogens with zero attached hydrogens (tertiary/aromatic N) is 4. The molecule has 34 heavy (non-hydrogen) atoms. The minimum absolute atomic E-state index is 0.00425. The van der Waals surface area contributed by atoms with E-state index in [1.165, 1.54) is 6.21 Å². The highest BCUT2D eigenvalue weighted by Gasteiger charge is 2.22. The zero-order valence-electron chi connectivity index (χ0n) is 19.2. The van der Waals surface area contributed by atoms with Crippen molar-refractivity contribution in [2.75, 3.05) is 13.7 Å². The molecule has 1 amide bonds. The largest absolute Gasteiger partial charge is 0.496 e. The Bertz CT molecular complexity index is 1250. The van der Waals surface area contributed by atoms with Crippen molar-refractivity contribution >= 4 is 29.4 Å². The van der Waals surface area contributed by atoms with E-state index in [0.717, 1.165) is 11.1 Å². The van der Waals surface area contributed by atoms with Crippen LogP contribution < -0.4 is 14.9 Å². The quantitative estimate of drug-likeness (QED) is 0.278. The number of hydrazone groups is 1. The minimum Gasteiger partial charge on any atom is -0.496 e. The highest BCUT2D eigenvalue weighted by atomic mass is 35.5. The van der Waals surface area contributed by atoms with Crippen molar-refractivity contribution in [2.24, 2.45) is 5.10 Å². The van der Waals surface area contributed by atoms with E-state index in [0.29, 0.717) is 33.5 Å². The minimum atomic E-state index is -0.435. The molecule has 0 saturated carbocycles. The standard InChI is InChI=1S/C23H24ClN5O5/c1-14-9-19(24)6-8-20(14)34-13-22(30)26-25-11-17-5-7-21(33-4)18(10-17)12-28-16(3)23(29(31)32)15(2)27-28/h5-11H,12-13H2,1-4H3,(H,26,30)/b25-11-. The fraction of sp³-hybridized carbons (Fsp3) is 0.261. The second-order valence-corrected chi connectivity index (χ2v) is 7.93. The summed E-state index contributed by atoms with van der Waals surface area (Å²) >= 11 is 5.92. The number of aromatic nitrogens is 2. The maximum absolute atomic E-state index is 12.1. The maximum atomic E-state index is 12.1. The van der Waals surface area contributed by atoms with Crippen molar-refractivity contribution in [3.8, 4) is 11.5 Å². The lowest BCUT2D eigenvalue weighted by Crippen LogP contribution is -2.24. The maximum Gasteiger partial charge on any atom is 0.312 e. The molecular weight excluding hydrogens is 462 g/mol. The van der Waals surface area contributed by atoms with Gasteiger partial charge in [-0.3, -0.25) is 19.6 Å². The number of amides is 1. The Morgan fingerprint density at radius 1 is 1.24 bits per heavy atom. The van der Waals surface area contributed by atoms with Gasteiger partial charge in [0.05, 0.1) is 24.8 Å². The number of aryl methyl sites for hydroxylation is 2. The summed E-state index contributed by atoms with van der Waals surface area (Å²) in [6.45, 7) is 5.15. The summed E-state index contributed by atoms with van der Waals surface area (Å²) < 4.78 is 12.5. The fourth-order valence-corrected chi connectivity index (χ4v) is 3.63. The number of ether oxygens (including phenoxy) is 2. The molecule has 3 rings (SSSR count). The van der Waals surface area contributed by atoms with E-state index >= 15 is 0 Å². The zero-order chi connectivity index (χ0) is 24.8. The van der Waals surface area contributed by atoms with Crippen molar-refractivity contribution in [2.45, 2.75) is 27.3 Å². The molecule has 0 saturated heterocycles. The highest BCUT2D eigenvalue weighted by molar-refractivity contribution is 6.30. The third-order valence-electron chi connectivity index (χ3n) is 5.05. The van der Waals surface area contributed by atoms with Crippen LogP contribution in [0.2, 0.25) is 5.02 Å². The Hall–Kier alpha value is -3.92. The van der Waals surface area contributed by atoms with Gasteiger partial charge in [-0.05, 0) is 68.3 Å². The SMILES string of the molecule is COc1ccc(/C=N\NC(=O)COc2ccc(Cl)cc2C)cc1Cn1nc(C)c([N+](=O)[O-])c1C. The summed E-state index contributed by atoms with van der Waals surface area (Å²) in [4.78, 5) is 22.9. The van der Waals surface area contributed by atoms with Gasteiger partial charge in [0.15, 0.2) is 6.61 Å². The third-order valence-corrected chi connectivity index (χ3v) is 5.28. The summed E-state index contributed by atoms with van der Waals surface area (Å²) in [5, 5.41) is 20.1. The average Bonchev–Trinajstić information content (AvgIpc) is 3.06. The average molecular weight is 486 g/mol. The smallest absolute Gasteiger partial charge is 0.312 e. The first-order valence-electron chi connectivity index (χ1n) is 10.3. The van der Waals surface area contributed by atoms with Crippen molar-refractivity contribution in [3.63, 3.8) is 0 Å². The van der Waals surface area contributed by atoms with Gasteiger partial charge in [-0.1, -0.05) is 11.6 Å². The lowest BCUT2D eigenvalue weighted by molar-refractivity contribution is -0.386. The lowest BCUT2D eigenvalue weighted by Gasteiger charge is -2.11. The molecule has 1 aromatic heterocycles. The Morgan fingerprint density at radius 2 is 1.97 bits per heavy atom. The number of rotatable bonds is 9. The summed E-state index contributed by atoms with van der Waals surface area (Å²) in [5.74, 6) is 0.741. The number of carbonyl (C=O) groups excluding carboxylic acids is 1. The number of nitro groups is 1. The number of benzene rings is 2. The number of methoxy groups -OCH3 is 1. The monoisotopic (exact) mass is 485 g/mol. The summed E-state index contributed by atoms with van der Waals surface area (Å²) in [5.41, 5.74) is 5.48. The molecule has 1 heterocycles. The molecule has 11 heteroatoms. The van der Waals surface area contributed by atoms with E-state index < -0.39 is 10.8 Å².